The van der Waals surface area contributed by atoms with E-state index in [0.29, 0.717) is 5.57 Å². The van der Waals surface area contributed by atoms with Crippen LogP contribution in [0.3, 0.4) is 0 Å². The van der Waals surface area contributed by atoms with Crippen LogP contribution < -0.4 is 10.2 Å². The fraction of sp³-hybridized carbons (Fsp3) is 0.292. The number of hydrogen-bond donors (Lipinski definition) is 1. The highest BCUT2D eigenvalue weighted by atomic mass is 32.2. The van der Waals surface area contributed by atoms with Crippen molar-refractivity contribution in [2.75, 3.05) is 4.90 Å². The van der Waals surface area contributed by atoms with Crippen LogP contribution in [0.1, 0.15) is 49.4 Å². The third-order valence-electron chi connectivity index (χ3n) is 6.40. The molecule has 1 fully saturated rings. The molecule has 1 N–H and O–H groups in total. The second-order valence-corrected chi connectivity index (χ2v) is 10.1. The Kier molecular flexibility index (Phi) is 3.87. The van der Waals surface area contributed by atoms with Gasteiger partial charge in [0.15, 0.2) is 0 Å². The zero-order valence-electron chi connectivity index (χ0n) is 17.3. The third-order valence-corrected chi connectivity index (χ3v) is 7.29. The topological polar surface area (TPSA) is 66.5 Å². The Morgan fingerprint density at radius 3 is 2.37 bits per heavy atom. The van der Waals surface area contributed by atoms with Crippen molar-refractivity contribution < 1.29 is 14.4 Å². The van der Waals surface area contributed by atoms with E-state index in [1.165, 1.54) is 5.56 Å². The van der Waals surface area contributed by atoms with Crippen molar-refractivity contribution in [1.82, 2.24) is 5.32 Å². The lowest BCUT2D eigenvalue weighted by atomic mass is 9.65. The van der Waals surface area contributed by atoms with Crippen LogP contribution in [0.25, 0.3) is 5.57 Å². The van der Waals surface area contributed by atoms with Crippen molar-refractivity contribution in [2.45, 2.75) is 45.1 Å². The van der Waals surface area contributed by atoms with Crippen LogP contribution in [-0.2, 0) is 15.0 Å². The molecule has 3 aliphatic heterocycles. The van der Waals surface area contributed by atoms with Gasteiger partial charge in [-0.2, -0.15) is 0 Å². The van der Waals surface area contributed by atoms with E-state index >= 15 is 0 Å². The van der Waals surface area contributed by atoms with E-state index in [2.05, 4.69) is 44.3 Å². The molecule has 1 saturated heterocycles. The Hall–Kier alpha value is -2.86. The average Bonchev–Trinajstić information content (AvgIpc) is 3.15. The number of carbonyl (C=O) groups excluding carboxylic acids is 3. The Balaban J connectivity index is 1.86. The molecule has 5 rings (SSSR count). The molecule has 6 heteroatoms. The zero-order valence-corrected chi connectivity index (χ0v) is 18.1. The second-order valence-electron chi connectivity index (χ2n) is 9.08. The summed E-state index contributed by atoms with van der Waals surface area (Å²) in [5, 5.41) is 1.85. The second kappa shape index (κ2) is 6.08. The number of rotatable bonds is 1. The number of nitrogens with one attached hydrogen (secondary N) is 1. The third kappa shape index (κ3) is 2.46. The summed E-state index contributed by atoms with van der Waals surface area (Å²) in [5.74, 6) is -0.698. The van der Waals surface area contributed by atoms with Crippen LogP contribution in [0.4, 0.5) is 10.5 Å². The van der Waals surface area contributed by atoms with Crippen molar-refractivity contribution in [3.63, 3.8) is 0 Å². The van der Waals surface area contributed by atoms with E-state index in [1.807, 2.05) is 36.1 Å². The number of thioether (sulfide) groups is 1. The highest BCUT2D eigenvalue weighted by Crippen LogP contribution is 2.57. The predicted molar refractivity (Wildman–Crippen MR) is 118 cm³/mol. The summed E-state index contributed by atoms with van der Waals surface area (Å²) in [6.07, 6.45) is 0.743. The standard InChI is InChI=1S/C24H22N2O3S/c1-13-10-15-17(19-20(27)25-22(29)30-19)21(28)26-18(15)16(11-13)24(4,12-23(26,2)3)14-8-6-5-7-9-14/h5-11H,12H2,1-4H3,(H,25,27,29)/b19-17-. The molecular formula is C24H22N2O3S. The van der Waals surface area contributed by atoms with Crippen molar-refractivity contribution in [3.05, 3.63) is 69.6 Å². The molecule has 0 bridgehead atoms. The van der Waals surface area contributed by atoms with Crippen LogP contribution >= 0.6 is 11.8 Å². The van der Waals surface area contributed by atoms with Crippen LogP contribution in [0.15, 0.2) is 47.4 Å². The first-order chi connectivity index (χ1) is 14.1. The Bertz CT molecular complexity index is 1180. The molecule has 30 heavy (non-hydrogen) atoms. The van der Waals surface area contributed by atoms with E-state index in [0.717, 1.165) is 40.6 Å². The van der Waals surface area contributed by atoms with Gasteiger partial charge >= 0.3 is 0 Å². The first-order valence-corrected chi connectivity index (χ1v) is 10.8. The van der Waals surface area contributed by atoms with E-state index in [-0.39, 0.29) is 16.2 Å². The van der Waals surface area contributed by atoms with E-state index < -0.39 is 16.7 Å². The van der Waals surface area contributed by atoms with Gasteiger partial charge in [-0.3, -0.25) is 19.7 Å². The average molecular weight is 419 g/mol. The lowest BCUT2D eigenvalue weighted by molar-refractivity contribution is -0.116. The highest BCUT2D eigenvalue weighted by molar-refractivity contribution is 8.18. The van der Waals surface area contributed by atoms with Gasteiger partial charge in [0.2, 0.25) is 0 Å². The molecule has 3 amide bonds. The minimum Gasteiger partial charge on any atom is -0.302 e. The first kappa shape index (κ1) is 19.1. The highest BCUT2D eigenvalue weighted by Gasteiger charge is 2.54. The number of hydrogen-bond acceptors (Lipinski definition) is 4. The largest absolute Gasteiger partial charge is 0.302 e. The SMILES string of the molecule is Cc1cc2c3c(c1)C(C)(c1ccccc1)CC(C)(C)N3C(=O)/C2=C1\SC(=O)NC1=O. The minimum atomic E-state index is -0.493. The summed E-state index contributed by atoms with van der Waals surface area (Å²) in [7, 11) is 0. The summed E-state index contributed by atoms with van der Waals surface area (Å²) >= 11 is 0.812. The number of amides is 3. The minimum absolute atomic E-state index is 0.199. The molecule has 2 aromatic carbocycles. The number of aryl methyl sites for hydroxylation is 1. The van der Waals surface area contributed by atoms with E-state index in [9.17, 15) is 14.4 Å². The fourth-order valence-corrected chi connectivity index (χ4v) is 6.11. The van der Waals surface area contributed by atoms with Gasteiger partial charge in [0.1, 0.15) is 0 Å². The fourth-order valence-electron chi connectivity index (χ4n) is 5.34. The van der Waals surface area contributed by atoms with Crippen LogP contribution in [0.5, 0.6) is 0 Å². The van der Waals surface area contributed by atoms with Gasteiger partial charge in [0.25, 0.3) is 17.1 Å². The molecule has 5 nitrogen and oxygen atoms in total. The van der Waals surface area contributed by atoms with E-state index in [4.69, 9.17) is 0 Å². The molecule has 1 atom stereocenters. The lowest BCUT2D eigenvalue weighted by Gasteiger charge is -2.50. The summed E-state index contributed by atoms with van der Waals surface area (Å²) in [6, 6.07) is 14.5. The summed E-state index contributed by atoms with van der Waals surface area (Å²) in [4.78, 5) is 39.9. The molecule has 0 aromatic heterocycles. The number of anilines is 1. The number of imide groups is 1. The van der Waals surface area contributed by atoms with E-state index in [1.54, 1.807) is 0 Å². The summed E-state index contributed by atoms with van der Waals surface area (Å²) in [6.45, 7) is 8.37. The monoisotopic (exact) mass is 418 g/mol. The lowest BCUT2D eigenvalue weighted by Crippen LogP contribution is -2.54. The predicted octanol–water partition coefficient (Wildman–Crippen LogP) is 4.52. The van der Waals surface area contributed by atoms with Gasteiger partial charge in [-0.15, -0.1) is 0 Å². The number of carbonyl (C=O) groups is 3. The van der Waals surface area contributed by atoms with Gasteiger partial charge in [0.05, 0.1) is 16.2 Å². The molecule has 3 aliphatic rings. The maximum absolute atomic E-state index is 13.7. The molecule has 0 radical (unpaired) electrons. The van der Waals surface area contributed by atoms with Gasteiger partial charge in [-0.05, 0) is 56.1 Å². The number of nitrogens with zero attached hydrogens (tertiary/aromatic N) is 1. The maximum atomic E-state index is 13.7. The van der Waals surface area contributed by atoms with Crippen molar-refractivity contribution >= 4 is 40.1 Å². The first-order valence-electron chi connectivity index (χ1n) is 9.96. The maximum Gasteiger partial charge on any atom is 0.290 e. The Morgan fingerprint density at radius 1 is 1.03 bits per heavy atom. The van der Waals surface area contributed by atoms with Crippen LogP contribution in [-0.4, -0.2) is 22.6 Å². The quantitative estimate of drug-likeness (QED) is 0.692. The molecule has 1 unspecified atom stereocenters. The molecule has 0 aliphatic carbocycles. The Morgan fingerprint density at radius 2 is 1.73 bits per heavy atom. The molecule has 0 saturated carbocycles. The zero-order chi connectivity index (χ0) is 21.4. The summed E-state index contributed by atoms with van der Waals surface area (Å²) < 4.78 is 0. The molecule has 0 spiro atoms. The van der Waals surface area contributed by atoms with Gasteiger partial charge < -0.3 is 4.90 Å². The van der Waals surface area contributed by atoms with Gasteiger partial charge in [0, 0.05) is 16.5 Å². The summed E-state index contributed by atoms with van der Waals surface area (Å²) in [5.41, 5.74) is 4.50. The molecule has 152 valence electrons. The number of benzene rings is 2. The van der Waals surface area contributed by atoms with Crippen molar-refractivity contribution in [2.24, 2.45) is 0 Å². The molecule has 2 aromatic rings. The van der Waals surface area contributed by atoms with Crippen molar-refractivity contribution in [1.29, 1.82) is 0 Å². The van der Waals surface area contributed by atoms with Gasteiger partial charge in [-0.25, -0.2) is 0 Å². The van der Waals surface area contributed by atoms with Gasteiger partial charge in [-0.1, -0.05) is 48.9 Å². The molecule has 3 heterocycles. The van der Waals surface area contributed by atoms with Crippen molar-refractivity contribution in [3.8, 4) is 0 Å². The van der Waals surface area contributed by atoms with Crippen LogP contribution in [0, 0.1) is 6.92 Å². The van der Waals surface area contributed by atoms with Crippen LogP contribution in [0.2, 0.25) is 0 Å². The smallest absolute Gasteiger partial charge is 0.290 e. The molecular weight excluding hydrogens is 396 g/mol. The Labute approximate surface area is 179 Å². The normalized spacial score (nSPS) is 26.8.